The lowest BCUT2D eigenvalue weighted by Gasteiger charge is -2.10. The van der Waals surface area contributed by atoms with Crippen LogP contribution in [0.4, 0.5) is 0 Å². The molecule has 1 unspecified atom stereocenters. The molecule has 1 fully saturated rings. The fourth-order valence-corrected chi connectivity index (χ4v) is 1.98. The second kappa shape index (κ2) is 5.82. The second-order valence-electron chi connectivity index (χ2n) is 4.42. The van der Waals surface area contributed by atoms with Crippen molar-refractivity contribution in [2.75, 3.05) is 13.2 Å². The first-order valence-corrected chi connectivity index (χ1v) is 6.07. The molecule has 1 heterocycles. The molecule has 1 aromatic rings. The minimum Gasteiger partial charge on any atom is -0.463 e. The molecule has 2 rings (SSSR count). The largest absolute Gasteiger partial charge is 0.463 e. The zero-order valence-electron chi connectivity index (χ0n) is 10.1. The fourth-order valence-electron chi connectivity index (χ4n) is 1.98. The molecule has 1 aliphatic heterocycles. The summed E-state index contributed by atoms with van der Waals surface area (Å²) in [4.78, 5) is 11.6. The SMILES string of the molecule is Cc1ccccc1CC(=O)OCC1CCCO1. The summed E-state index contributed by atoms with van der Waals surface area (Å²) < 4.78 is 10.6. The minimum absolute atomic E-state index is 0.107. The molecule has 0 bridgehead atoms. The van der Waals surface area contributed by atoms with E-state index in [4.69, 9.17) is 9.47 Å². The van der Waals surface area contributed by atoms with Gasteiger partial charge in [0.1, 0.15) is 6.61 Å². The highest BCUT2D eigenvalue weighted by Crippen LogP contribution is 2.13. The van der Waals surface area contributed by atoms with Gasteiger partial charge in [0.05, 0.1) is 12.5 Å². The van der Waals surface area contributed by atoms with Crippen LogP contribution in [0, 0.1) is 6.92 Å². The Bertz CT molecular complexity index is 381. The first-order chi connectivity index (χ1) is 8.25. The number of esters is 1. The summed E-state index contributed by atoms with van der Waals surface area (Å²) in [5.41, 5.74) is 2.16. The molecule has 92 valence electrons. The van der Waals surface area contributed by atoms with Gasteiger partial charge in [0.15, 0.2) is 0 Å². The Kier molecular flexibility index (Phi) is 4.15. The van der Waals surface area contributed by atoms with Crippen LogP contribution in [0.3, 0.4) is 0 Å². The number of rotatable bonds is 4. The highest BCUT2D eigenvalue weighted by Gasteiger charge is 2.17. The third kappa shape index (κ3) is 3.56. The molecular formula is C14H18O3. The Morgan fingerprint density at radius 2 is 2.29 bits per heavy atom. The van der Waals surface area contributed by atoms with E-state index in [9.17, 15) is 4.79 Å². The van der Waals surface area contributed by atoms with Gasteiger partial charge in [-0.2, -0.15) is 0 Å². The highest BCUT2D eigenvalue weighted by molar-refractivity contribution is 5.73. The van der Waals surface area contributed by atoms with Gasteiger partial charge in [-0.3, -0.25) is 4.79 Å². The van der Waals surface area contributed by atoms with Gasteiger partial charge in [-0.25, -0.2) is 0 Å². The van der Waals surface area contributed by atoms with Crippen molar-refractivity contribution in [2.24, 2.45) is 0 Å². The van der Waals surface area contributed by atoms with E-state index < -0.39 is 0 Å². The smallest absolute Gasteiger partial charge is 0.310 e. The Hall–Kier alpha value is -1.35. The molecule has 1 aliphatic rings. The molecule has 1 aromatic carbocycles. The van der Waals surface area contributed by atoms with E-state index in [0.717, 1.165) is 30.6 Å². The number of hydrogen-bond donors (Lipinski definition) is 0. The summed E-state index contributed by atoms with van der Waals surface area (Å²) in [6.07, 6.45) is 2.52. The molecule has 0 aliphatic carbocycles. The predicted octanol–water partition coefficient (Wildman–Crippen LogP) is 2.26. The fraction of sp³-hybridized carbons (Fsp3) is 0.500. The van der Waals surface area contributed by atoms with E-state index in [2.05, 4.69) is 0 Å². The van der Waals surface area contributed by atoms with Gasteiger partial charge in [-0.1, -0.05) is 24.3 Å². The average molecular weight is 234 g/mol. The van der Waals surface area contributed by atoms with Crippen molar-refractivity contribution in [2.45, 2.75) is 32.3 Å². The number of carbonyl (C=O) groups is 1. The first kappa shape index (κ1) is 12.1. The van der Waals surface area contributed by atoms with Crippen molar-refractivity contribution in [1.82, 2.24) is 0 Å². The van der Waals surface area contributed by atoms with Crippen LogP contribution in [0.5, 0.6) is 0 Å². The summed E-state index contributed by atoms with van der Waals surface area (Å²) >= 11 is 0. The van der Waals surface area contributed by atoms with Crippen LogP contribution >= 0.6 is 0 Å². The molecular weight excluding hydrogens is 216 g/mol. The standard InChI is InChI=1S/C14H18O3/c1-11-5-2-3-6-12(11)9-14(15)17-10-13-7-4-8-16-13/h2-3,5-6,13H,4,7-10H2,1H3. The molecule has 0 aromatic heterocycles. The normalized spacial score (nSPS) is 19.2. The number of carbonyl (C=O) groups excluding carboxylic acids is 1. The van der Waals surface area contributed by atoms with E-state index in [1.165, 1.54) is 0 Å². The third-order valence-electron chi connectivity index (χ3n) is 3.05. The third-order valence-corrected chi connectivity index (χ3v) is 3.05. The van der Waals surface area contributed by atoms with Crippen LogP contribution in [-0.2, 0) is 20.7 Å². The van der Waals surface area contributed by atoms with Crippen LogP contribution in [0.2, 0.25) is 0 Å². The topological polar surface area (TPSA) is 35.5 Å². The molecule has 1 saturated heterocycles. The second-order valence-corrected chi connectivity index (χ2v) is 4.42. The Morgan fingerprint density at radius 1 is 1.47 bits per heavy atom. The summed E-state index contributed by atoms with van der Waals surface area (Å²) in [5.74, 6) is -0.171. The van der Waals surface area contributed by atoms with E-state index in [0.29, 0.717) is 13.0 Å². The lowest BCUT2D eigenvalue weighted by Crippen LogP contribution is -2.19. The van der Waals surface area contributed by atoms with Crippen LogP contribution in [-0.4, -0.2) is 25.3 Å². The van der Waals surface area contributed by atoms with Gasteiger partial charge in [0.2, 0.25) is 0 Å². The summed E-state index contributed by atoms with van der Waals surface area (Å²) in [6, 6.07) is 7.87. The maximum atomic E-state index is 11.6. The molecule has 17 heavy (non-hydrogen) atoms. The molecule has 0 N–H and O–H groups in total. The van der Waals surface area contributed by atoms with Gasteiger partial charge in [-0.05, 0) is 30.9 Å². The molecule has 3 nitrogen and oxygen atoms in total. The molecule has 0 amide bonds. The summed E-state index contributed by atoms with van der Waals surface area (Å²) in [7, 11) is 0. The zero-order valence-corrected chi connectivity index (χ0v) is 10.1. The number of ether oxygens (including phenoxy) is 2. The Morgan fingerprint density at radius 3 is 3.00 bits per heavy atom. The molecule has 0 spiro atoms. The number of benzene rings is 1. The quantitative estimate of drug-likeness (QED) is 0.750. The lowest BCUT2D eigenvalue weighted by molar-refractivity contribution is -0.146. The van der Waals surface area contributed by atoms with E-state index >= 15 is 0 Å². The molecule has 3 heteroatoms. The van der Waals surface area contributed by atoms with Crippen molar-refractivity contribution in [3.8, 4) is 0 Å². The van der Waals surface area contributed by atoms with E-state index in [1.54, 1.807) is 0 Å². The summed E-state index contributed by atoms with van der Waals surface area (Å²) in [5, 5.41) is 0. The lowest BCUT2D eigenvalue weighted by atomic mass is 10.1. The average Bonchev–Trinajstić information content (AvgIpc) is 2.82. The Labute approximate surface area is 102 Å². The van der Waals surface area contributed by atoms with Crippen molar-refractivity contribution < 1.29 is 14.3 Å². The van der Waals surface area contributed by atoms with Gasteiger partial charge >= 0.3 is 5.97 Å². The first-order valence-electron chi connectivity index (χ1n) is 6.07. The van der Waals surface area contributed by atoms with Crippen LogP contribution in [0.1, 0.15) is 24.0 Å². The van der Waals surface area contributed by atoms with Crippen LogP contribution in [0.25, 0.3) is 0 Å². The van der Waals surface area contributed by atoms with Gasteiger partial charge < -0.3 is 9.47 Å². The highest BCUT2D eigenvalue weighted by atomic mass is 16.6. The summed E-state index contributed by atoms with van der Waals surface area (Å²) in [6.45, 7) is 3.19. The van der Waals surface area contributed by atoms with Crippen LogP contribution < -0.4 is 0 Å². The molecule has 0 radical (unpaired) electrons. The predicted molar refractivity (Wildman–Crippen MR) is 64.8 cm³/mol. The van der Waals surface area contributed by atoms with Crippen LogP contribution in [0.15, 0.2) is 24.3 Å². The van der Waals surface area contributed by atoms with Gasteiger partial charge in [0, 0.05) is 6.61 Å². The molecule has 1 atom stereocenters. The van der Waals surface area contributed by atoms with E-state index in [1.807, 2.05) is 31.2 Å². The maximum absolute atomic E-state index is 11.6. The zero-order chi connectivity index (χ0) is 12.1. The number of hydrogen-bond acceptors (Lipinski definition) is 3. The van der Waals surface area contributed by atoms with Gasteiger partial charge in [0.25, 0.3) is 0 Å². The maximum Gasteiger partial charge on any atom is 0.310 e. The Balaban J connectivity index is 1.79. The number of aryl methyl sites for hydroxylation is 1. The van der Waals surface area contributed by atoms with Crippen molar-refractivity contribution >= 4 is 5.97 Å². The monoisotopic (exact) mass is 234 g/mol. The van der Waals surface area contributed by atoms with Crippen molar-refractivity contribution in [3.63, 3.8) is 0 Å². The van der Waals surface area contributed by atoms with Crippen molar-refractivity contribution in [3.05, 3.63) is 35.4 Å². The van der Waals surface area contributed by atoms with Gasteiger partial charge in [-0.15, -0.1) is 0 Å². The van der Waals surface area contributed by atoms with Crippen molar-refractivity contribution in [1.29, 1.82) is 0 Å². The minimum atomic E-state index is -0.171. The molecule has 0 saturated carbocycles. The van der Waals surface area contributed by atoms with E-state index in [-0.39, 0.29) is 12.1 Å².